The average Bonchev–Trinajstić information content (AvgIpc) is 3.10. The van der Waals surface area contributed by atoms with Crippen LogP contribution in [0, 0.1) is 5.82 Å². The van der Waals surface area contributed by atoms with Crippen molar-refractivity contribution in [3.05, 3.63) is 88.3 Å². The van der Waals surface area contributed by atoms with Crippen molar-refractivity contribution in [2.24, 2.45) is 0 Å². The summed E-state index contributed by atoms with van der Waals surface area (Å²) in [6, 6.07) is 15.7. The predicted molar refractivity (Wildman–Crippen MR) is 97.8 cm³/mol. The van der Waals surface area contributed by atoms with Gasteiger partial charge >= 0.3 is 0 Å². The molecular formula is C19H15ClFN3O2. The van der Waals surface area contributed by atoms with E-state index in [1.807, 2.05) is 0 Å². The van der Waals surface area contributed by atoms with E-state index in [4.69, 9.17) is 11.6 Å². The number of carbonyl (C=O) groups is 2. The Labute approximate surface area is 154 Å². The molecule has 0 radical (unpaired) electrons. The van der Waals surface area contributed by atoms with Crippen LogP contribution in [0.5, 0.6) is 0 Å². The molecule has 0 saturated heterocycles. The Morgan fingerprint density at radius 2 is 1.69 bits per heavy atom. The Balaban J connectivity index is 1.60. The molecule has 132 valence electrons. The number of benzene rings is 2. The van der Waals surface area contributed by atoms with E-state index < -0.39 is 0 Å². The van der Waals surface area contributed by atoms with Gasteiger partial charge in [-0.2, -0.15) is 0 Å². The minimum atomic E-state index is -0.379. The lowest BCUT2D eigenvalue weighted by molar-refractivity contribution is 0.0945. The molecule has 0 aliphatic carbocycles. The monoisotopic (exact) mass is 371 g/mol. The van der Waals surface area contributed by atoms with Crippen LogP contribution in [0.3, 0.4) is 0 Å². The van der Waals surface area contributed by atoms with Gasteiger partial charge in [-0.05, 0) is 42.0 Å². The van der Waals surface area contributed by atoms with Crippen LogP contribution < -0.4 is 10.6 Å². The molecule has 2 aromatic carbocycles. The minimum Gasteiger partial charge on any atom is -0.347 e. The molecule has 0 bridgehead atoms. The molecule has 0 aliphatic rings. The molecule has 0 unspecified atom stereocenters. The third kappa shape index (κ3) is 4.29. The highest BCUT2D eigenvalue weighted by Gasteiger charge is 2.13. The summed E-state index contributed by atoms with van der Waals surface area (Å²) in [4.78, 5) is 27.2. The number of aromatic nitrogens is 1. The molecule has 3 rings (SSSR count). The van der Waals surface area contributed by atoms with Gasteiger partial charge in [-0.1, -0.05) is 35.9 Å². The van der Waals surface area contributed by atoms with Crippen molar-refractivity contribution in [3.63, 3.8) is 0 Å². The standard InChI is InChI=1S/C19H15ClFN3O2/c20-15-4-2-1-3-14(15)18(25)24-17-10-9-16(23-17)19(26)22-11-12-5-7-13(21)8-6-12/h1-10,23H,11H2,(H,22,26)(H,24,25). The fourth-order valence-corrected chi connectivity index (χ4v) is 2.54. The highest BCUT2D eigenvalue weighted by atomic mass is 35.5. The van der Waals surface area contributed by atoms with Gasteiger partial charge in [-0.25, -0.2) is 4.39 Å². The maximum absolute atomic E-state index is 12.9. The zero-order valence-electron chi connectivity index (χ0n) is 13.6. The van der Waals surface area contributed by atoms with Crippen molar-refractivity contribution < 1.29 is 14.0 Å². The zero-order chi connectivity index (χ0) is 18.5. The predicted octanol–water partition coefficient (Wildman–Crippen LogP) is 3.99. The van der Waals surface area contributed by atoms with Crippen LogP contribution in [0.25, 0.3) is 0 Å². The minimum absolute atomic E-state index is 0.263. The lowest BCUT2D eigenvalue weighted by atomic mass is 10.2. The van der Waals surface area contributed by atoms with Crippen molar-refractivity contribution in [3.8, 4) is 0 Å². The summed E-state index contributed by atoms with van der Waals surface area (Å²) in [6.45, 7) is 0.263. The number of nitrogens with one attached hydrogen (secondary N) is 3. The van der Waals surface area contributed by atoms with Gasteiger partial charge in [-0.15, -0.1) is 0 Å². The number of carbonyl (C=O) groups excluding carboxylic acids is 2. The Kier molecular flexibility index (Phi) is 5.34. The van der Waals surface area contributed by atoms with Crippen molar-refractivity contribution in [1.29, 1.82) is 0 Å². The first-order chi connectivity index (χ1) is 12.5. The molecular weight excluding hydrogens is 357 g/mol. The smallest absolute Gasteiger partial charge is 0.268 e. The van der Waals surface area contributed by atoms with Crippen molar-refractivity contribution in [2.45, 2.75) is 6.54 Å². The van der Waals surface area contributed by atoms with Crippen LogP contribution >= 0.6 is 11.6 Å². The molecule has 3 N–H and O–H groups in total. The van der Waals surface area contributed by atoms with E-state index in [9.17, 15) is 14.0 Å². The van der Waals surface area contributed by atoms with Crippen molar-refractivity contribution in [1.82, 2.24) is 10.3 Å². The number of halogens is 2. The van der Waals surface area contributed by atoms with Crippen molar-refractivity contribution in [2.75, 3.05) is 5.32 Å². The number of H-pyrrole nitrogens is 1. The second-order valence-corrected chi connectivity index (χ2v) is 5.94. The van der Waals surface area contributed by atoms with E-state index >= 15 is 0 Å². The van der Waals surface area contributed by atoms with E-state index in [1.165, 1.54) is 12.1 Å². The molecule has 7 heteroatoms. The highest BCUT2D eigenvalue weighted by Crippen LogP contribution is 2.17. The van der Waals surface area contributed by atoms with Gasteiger partial charge in [0, 0.05) is 6.54 Å². The molecule has 0 fully saturated rings. The second kappa shape index (κ2) is 7.84. The normalized spacial score (nSPS) is 10.4. The summed E-state index contributed by atoms with van der Waals surface area (Å²) in [5.74, 6) is -0.673. The summed E-state index contributed by atoms with van der Waals surface area (Å²) in [7, 11) is 0. The van der Waals surface area contributed by atoms with Gasteiger partial charge in [0.25, 0.3) is 11.8 Å². The fraction of sp³-hybridized carbons (Fsp3) is 0.0526. The molecule has 26 heavy (non-hydrogen) atoms. The maximum Gasteiger partial charge on any atom is 0.268 e. The van der Waals surface area contributed by atoms with Crippen LogP contribution in [-0.2, 0) is 6.54 Å². The molecule has 1 aromatic heterocycles. The Bertz CT molecular complexity index is 938. The molecule has 1 heterocycles. The summed E-state index contributed by atoms with van der Waals surface area (Å²) in [5, 5.41) is 5.71. The number of rotatable bonds is 5. The molecule has 5 nitrogen and oxygen atoms in total. The average molecular weight is 372 g/mol. The van der Waals surface area contributed by atoms with Crippen LogP contribution in [0.4, 0.5) is 10.2 Å². The Morgan fingerprint density at radius 3 is 2.42 bits per heavy atom. The number of anilines is 1. The molecule has 0 aliphatic heterocycles. The van der Waals surface area contributed by atoms with Gasteiger partial charge in [-0.3, -0.25) is 9.59 Å². The molecule has 0 atom stereocenters. The first-order valence-corrected chi connectivity index (χ1v) is 8.18. The summed E-state index contributed by atoms with van der Waals surface area (Å²) in [6.07, 6.45) is 0. The largest absolute Gasteiger partial charge is 0.347 e. The number of aromatic amines is 1. The Hall–Kier alpha value is -3.12. The van der Waals surface area contributed by atoms with Crippen LogP contribution in [0.15, 0.2) is 60.7 Å². The lowest BCUT2D eigenvalue weighted by Crippen LogP contribution is -2.23. The molecule has 0 spiro atoms. The van der Waals surface area contributed by atoms with Gasteiger partial charge < -0.3 is 15.6 Å². The number of hydrogen-bond donors (Lipinski definition) is 3. The van der Waals surface area contributed by atoms with Crippen LogP contribution in [0.2, 0.25) is 5.02 Å². The van der Waals surface area contributed by atoms with E-state index in [2.05, 4.69) is 15.6 Å². The van der Waals surface area contributed by atoms with Crippen LogP contribution in [-0.4, -0.2) is 16.8 Å². The SMILES string of the molecule is O=C(NCc1ccc(F)cc1)c1ccc(NC(=O)c2ccccc2Cl)[nH]1. The summed E-state index contributed by atoms with van der Waals surface area (Å²) < 4.78 is 12.9. The van der Waals surface area contributed by atoms with Gasteiger partial charge in [0.1, 0.15) is 17.3 Å². The zero-order valence-corrected chi connectivity index (χ0v) is 14.3. The topological polar surface area (TPSA) is 74.0 Å². The van der Waals surface area contributed by atoms with Crippen molar-refractivity contribution >= 4 is 29.2 Å². The lowest BCUT2D eigenvalue weighted by Gasteiger charge is -2.05. The Morgan fingerprint density at radius 1 is 0.962 bits per heavy atom. The number of amides is 2. The summed E-state index contributed by atoms with van der Waals surface area (Å²) >= 11 is 5.99. The first kappa shape index (κ1) is 17.7. The van der Waals surface area contributed by atoms with E-state index in [1.54, 1.807) is 48.5 Å². The summed E-state index contributed by atoms with van der Waals surface area (Å²) in [5.41, 5.74) is 1.41. The van der Waals surface area contributed by atoms with E-state index in [-0.39, 0.29) is 24.2 Å². The molecule has 3 aromatic rings. The highest BCUT2D eigenvalue weighted by molar-refractivity contribution is 6.34. The van der Waals surface area contributed by atoms with E-state index in [0.29, 0.717) is 22.1 Å². The number of hydrogen-bond acceptors (Lipinski definition) is 2. The maximum atomic E-state index is 12.9. The van der Waals surface area contributed by atoms with E-state index in [0.717, 1.165) is 5.56 Å². The molecule has 2 amide bonds. The fourth-order valence-electron chi connectivity index (χ4n) is 2.32. The third-order valence-electron chi connectivity index (χ3n) is 3.66. The quantitative estimate of drug-likeness (QED) is 0.634. The van der Waals surface area contributed by atoms with Crippen LogP contribution in [0.1, 0.15) is 26.4 Å². The third-order valence-corrected chi connectivity index (χ3v) is 3.99. The van der Waals surface area contributed by atoms with Gasteiger partial charge in [0.2, 0.25) is 0 Å². The molecule has 0 saturated carbocycles. The van der Waals surface area contributed by atoms with Gasteiger partial charge in [0.15, 0.2) is 0 Å². The first-order valence-electron chi connectivity index (χ1n) is 7.80. The van der Waals surface area contributed by atoms with Gasteiger partial charge in [0.05, 0.1) is 10.6 Å². The second-order valence-electron chi connectivity index (χ2n) is 5.53.